The Labute approximate surface area is 95.2 Å². The van der Waals surface area contributed by atoms with Gasteiger partial charge in [-0.05, 0) is 31.4 Å². The zero-order valence-corrected chi connectivity index (χ0v) is 9.30. The van der Waals surface area contributed by atoms with E-state index in [1.165, 1.54) is 19.3 Å². The van der Waals surface area contributed by atoms with E-state index in [0.29, 0.717) is 12.1 Å². The van der Waals surface area contributed by atoms with Gasteiger partial charge in [-0.2, -0.15) is 0 Å². The van der Waals surface area contributed by atoms with Gasteiger partial charge in [0.25, 0.3) is 0 Å². The summed E-state index contributed by atoms with van der Waals surface area (Å²) in [5.41, 5.74) is 1.80. The second-order valence-electron chi connectivity index (χ2n) is 4.84. The highest BCUT2D eigenvalue weighted by atomic mass is 19.1. The van der Waals surface area contributed by atoms with Crippen molar-refractivity contribution < 1.29 is 4.39 Å². The minimum absolute atomic E-state index is 0.0786. The fourth-order valence-corrected chi connectivity index (χ4v) is 2.51. The van der Waals surface area contributed by atoms with Gasteiger partial charge in [-0.1, -0.05) is 12.5 Å². The first-order valence-electron chi connectivity index (χ1n) is 6.10. The van der Waals surface area contributed by atoms with Gasteiger partial charge in [0, 0.05) is 29.9 Å². The first-order valence-corrected chi connectivity index (χ1v) is 6.10. The van der Waals surface area contributed by atoms with Gasteiger partial charge in [0.2, 0.25) is 0 Å². The molecule has 1 aromatic carbocycles. The van der Waals surface area contributed by atoms with Crippen LogP contribution in [0.5, 0.6) is 0 Å². The predicted octanol–water partition coefficient (Wildman–Crippen LogP) is 2.30. The van der Waals surface area contributed by atoms with Crippen molar-refractivity contribution in [3.63, 3.8) is 0 Å². The van der Waals surface area contributed by atoms with Gasteiger partial charge in [0.05, 0.1) is 0 Å². The maximum atomic E-state index is 13.6. The lowest BCUT2D eigenvalue weighted by Crippen LogP contribution is -2.48. The van der Waals surface area contributed by atoms with Crippen LogP contribution in [-0.2, 0) is 6.42 Å². The molecule has 3 rings (SSSR count). The average molecular weight is 220 g/mol. The molecule has 1 aliphatic carbocycles. The number of fused-ring (bicyclic) bond motifs is 1. The average Bonchev–Trinajstić information content (AvgIpc) is 2.24. The quantitative estimate of drug-likeness (QED) is 0.799. The third kappa shape index (κ3) is 1.80. The standard InChI is InChI=1S/C13H17FN2/c14-12-5-2-6-13-11(12)7-10(8-15-13)16-9-3-1-4-9/h2,5-6,9-10,15-16H,1,3-4,7-8H2. The summed E-state index contributed by atoms with van der Waals surface area (Å²) in [6.07, 6.45) is 4.70. The molecule has 1 atom stereocenters. The summed E-state index contributed by atoms with van der Waals surface area (Å²) in [5, 5.41) is 6.90. The molecule has 2 nitrogen and oxygen atoms in total. The Kier molecular flexibility index (Phi) is 2.56. The minimum atomic E-state index is -0.0786. The summed E-state index contributed by atoms with van der Waals surface area (Å²) < 4.78 is 13.6. The van der Waals surface area contributed by atoms with Crippen LogP contribution in [0.1, 0.15) is 24.8 Å². The van der Waals surface area contributed by atoms with Gasteiger partial charge in [-0.15, -0.1) is 0 Å². The number of hydrogen-bond donors (Lipinski definition) is 2. The predicted molar refractivity (Wildman–Crippen MR) is 63.2 cm³/mol. The molecule has 0 aromatic heterocycles. The topological polar surface area (TPSA) is 24.1 Å². The highest BCUT2D eigenvalue weighted by molar-refractivity contribution is 5.54. The van der Waals surface area contributed by atoms with Crippen LogP contribution < -0.4 is 10.6 Å². The molecule has 0 bridgehead atoms. The SMILES string of the molecule is Fc1cccc2c1CC(NC1CCC1)CN2. The van der Waals surface area contributed by atoms with E-state index in [-0.39, 0.29) is 5.82 Å². The molecule has 86 valence electrons. The summed E-state index contributed by atoms with van der Waals surface area (Å²) in [5.74, 6) is -0.0786. The fraction of sp³-hybridized carbons (Fsp3) is 0.538. The zero-order valence-electron chi connectivity index (χ0n) is 9.30. The van der Waals surface area contributed by atoms with E-state index in [4.69, 9.17) is 0 Å². The molecule has 1 saturated carbocycles. The highest BCUT2D eigenvalue weighted by Crippen LogP contribution is 2.26. The molecule has 3 heteroatoms. The Morgan fingerprint density at radius 3 is 2.88 bits per heavy atom. The van der Waals surface area contributed by atoms with Gasteiger partial charge < -0.3 is 10.6 Å². The third-order valence-corrected chi connectivity index (χ3v) is 3.68. The van der Waals surface area contributed by atoms with Crippen LogP contribution in [0.4, 0.5) is 10.1 Å². The van der Waals surface area contributed by atoms with Crippen LogP contribution in [0, 0.1) is 5.82 Å². The molecule has 0 spiro atoms. The van der Waals surface area contributed by atoms with Gasteiger partial charge >= 0.3 is 0 Å². The van der Waals surface area contributed by atoms with Crippen LogP contribution in [0.25, 0.3) is 0 Å². The van der Waals surface area contributed by atoms with Crippen molar-refractivity contribution in [2.75, 3.05) is 11.9 Å². The number of rotatable bonds is 2. The zero-order chi connectivity index (χ0) is 11.0. The van der Waals surface area contributed by atoms with Crippen molar-refractivity contribution in [3.05, 3.63) is 29.6 Å². The van der Waals surface area contributed by atoms with Crippen molar-refractivity contribution in [2.45, 2.75) is 37.8 Å². The van der Waals surface area contributed by atoms with Crippen LogP contribution in [-0.4, -0.2) is 18.6 Å². The van der Waals surface area contributed by atoms with Gasteiger partial charge in [-0.3, -0.25) is 0 Å². The molecule has 1 fully saturated rings. The molecule has 1 aromatic rings. The summed E-state index contributed by atoms with van der Waals surface area (Å²) in [4.78, 5) is 0. The molecule has 2 aliphatic rings. The fourth-order valence-electron chi connectivity index (χ4n) is 2.51. The van der Waals surface area contributed by atoms with E-state index in [1.54, 1.807) is 12.1 Å². The number of anilines is 1. The van der Waals surface area contributed by atoms with Crippen LogP contribution >= 0.6 is 0 Å². The smallest absolute Gasteiger partial charge is 0.128 e. The van der Waals surface area contributed by atoms with Crippen molar-refractivity contribution in [3.8, 4) is 0 Å². The van der Waals surface area contributed by atoms with Crippen LogP contribution in [0.2, 0.25) is 0 Å². The van der Waals surface area contributed by atoms with Crippen molar-refractivity contribution in [1.29, 1.82) is 0 Å². The Hall–Kier alpha value is -1.09. The lowest BCUT2D eigenvalue weighted by molar-refractivity contribution is 0.303. The Morgan fingerprint density at radius 2 is 2.12 bits per heavy atom. The van der Waals surface area contributed by atoms with Crippen molar-refractivity contribution in [1.82, 2.24) is 5.32 Å². The summed E-state index contributed by atoms with van der Waals surface area (Å²) in [7, 11) is 0. The largest absolute Gasteiger partial charge is 0.383 e. The number of halogens is 1. The molecule has 2 N–H and O–H groups in total. The monoisotopic (exact) mass is 220 g/mol. The van der Waals surface area contributed by atoms with Gasteiger partial charge in [0.1, 0.15) is 5.82 Å². The van der Waals surface area contributed by atoms with E-state index < -0.39 is 0 Å². The molecule has 16 heavy (non-hydrogen) atoms. The number of hydrogen-bond acceptors (Lipinski definition) is 2. The van der Waals surface area contributed by atoms with E-state index in [0.717, 1.165) is 24.2 Å². The van der Waals surface area contributed by atoms with Crippen molar-refractivity contribution >= 4 is 5.69 Å². The molecule has 0 saturated heterocycles. The van der Waals surface area contributed by atoms with E-state index in [1.807, 2.05) is 6.07 Å². The maximum Gasteiger partial charge on any atom is 0.128 e. The minimum Gasteiger partial charge on any atom is -0.383 e. The van der Waals surface area contributed by atoms with E-state index >= 15 is 0 Å². The first-order chi connectivity index (χ1) is 7.83. The van der Waals surface area contributed by atoms with Gasteiger partial charge in [0.15, 0.2) is 0 Å². The second kappa shape index (κ2) is 4.06. The molecular formula is C13H17FN2. The lowest BCUT2D eigenvalue weighted by Gasteiger charge is -2.34. The second-order valence-corrected chi connectivity index (χ2v) is 4.84. The van der Waals surface area contributed by atoms with Crippen molar-refractivity contribution in [2.24, 2.45) is 0 Å². The third-order valence-electron chi connectivity index (χ3n) is 3.68. The Bertz CT molecular complexity index is 388. The number of benzene rings is 1. The number of nitrogens with one attached hydrogen (secondary N) is 2. The molecule has 1 unspecified atom stereocenters. The molecule has 1 aliphatic heterocycles. The van der Waals surface area contributed by atoms with Crippen LogP contribution in [0.3, 0.4) is 0 Å². The molecular weight excluding hydrogens is 203 g/mol. The summed E-state index contributed by atoms with van der Waals surface area (Å²) in [6.45, 7) is 0.910. The van der Waals surface area contributed by atoms with Crippen LogP contribution in [0.15, 0.2) is 18.2 Å². The van der Waals surface area contributed by atoms with E-state index in [9.17, 15) is 4.39 Å². The Balaban J connectivity index is 1.72. The molecule has 1 heterocycles. The lowest BCUT2D eigenvalue weighted by atomic mass is 9.90. The van der Waals surface area contributed by atoms with E-state index in [2.05, 4.69) is 10.6 Å². The normalized spacial score (nSPS) is 24.4. The molecule has 0 amide bonds. The first kappa shape index (κ1) is 10.1. The summed E-state index contributed by atoms with van der Waals surface area (Å²) in [6, 6.07) is 6.32. The Morgan fingerprint density at radius 1 is 1.25 bits per heavy atom. The van der Waals surface area contributed by atoms with Gasteiger partial charge in [-0.25, -0.2) is 4.39 Å². The maximum absolute atomic E-state index is 13.6. The molecule has 0 radical (unpaired) electrons. The highest BCUT2D eigenvalue weighted by Gasteiger charge is 2.25. The summed E-state index contributed by atoms with van der Waals surface area (Å²) >= 11 is 0.